The summed E-state index contributed by atoms with van der Waals surface area (Å²) in [7, 11) is 3.18. The van der Waals surface area contributed by atoms with Crippen molar-refractivity contribution >= 4 is 6.03 Å². The molecule has 0 aromatic carbocycles. The van der Waals surface area contributed by atoms with Crippen molar-refractivity contribution in [1.29, 1.82) is 0 Å². The van der Waals surface area contributed by atoms with Crippen LogP contribution in [0.4, 0.5) is 4.79 Å². The molecule has 2 N–H and O–H groups in total. The number of amides is 2. The van der Waals surface area contributed by atoms with Crippen molar-refractivity contribution in [3.8, 4) is 0 Å². The summed E-state index contributed by atoms with van der Waals surface area (Å²) in [5.41, 5.74) is 0. The highest BCUT2D eigenvalue weighted by atomic mass is 16.5. The number of hydrogen-bond acceptors (Lipinski definition) is 3. The lowest BCUT2D eigenvalue weighted by molar-refractivity contribution is 0.0304. The molecular formula is C8H18N2O3. The molecule has 5 heteroatoms. The van der Waals surface area contributed by atoms with E-state index in [1.165, 1.54) is 0 Å². The molecule has 0 spiro atoms. The second-order valence-electron chi connectivity index (χ2n) is 2.55. The molecule has 13 heavy (non-hydrogen) atoms. The highest BCUT2D eigenvalue weighted by molar-refractivity contribution is 5.73. The Balaban J connectivity index is 3.52. The Kier molecular flexibility index (Phi) is 7.33. The molecule has 0 radical (unpaired) electrons. The van der Waals surface area contributed by atoms with Crippen molar-refractivity contribution in [1.82, 2.24) is 10.6 Å². The van der Waals surface area contributed by atoms with E-state index in [-0.39, 0.29) is 12.1 Å². The van der Waals surface area contributed by atoms with Gasteiger partial charge in [-0.15, -0.1) is 0 Å². The predicted molar refractivity (Wildman–Crippen MR) is 49.7 cm³/mol. The van der Waals surface area contributed by atoms with Gasteiger partial charge in [-0.3, -0.25) is 0 Å². The van der Waals surface area contributed by atoms with Crippen LogP contribution in [0.2, 0.25) is 0 Å². The molecule has 0 saturated carbocycles. The van der Waals surface area contributed by atoms with Crippen LogP contribution < -0.4 is 10.6 Å². The average Bonchev–Trinajstić information content (AvgIpc) is 2.12. The molecule has 78 valence electrons. The highest BCUT2D eigenvalue weighted by Gasteiger charge is 2.07. The fraction of sp³-hybridized carbons (Fsp3) is 0.875. The minimum absolute atomic E-state index is 0.0902. The third-order valence-corrected chi connectivity index (χ3v) is 1.51. The van der Waals surface area contributed by atoms with Gasteiger partial charge in [0.05, 0.1) is 12.7 Å². The van der Waals surface area contributed by atoms with Gasteiger partial charge in [0.2, 0.25) is 0 Å². The maximum absolute atomic E-state index is 10.9. The first kappa shape index (κ1) is 12.2. The van der Waals surface area contributed by atoms with E-state index in [4.69, 9.17) is 9.47 Å². The van der Waals surface area contributed by atoms with Crippen molar-refractivity contribution in [3.05, 3.63) is 0 Å². The maximum atomic E-state index is 10.9. The van der Waals surface area contributed by atoms with Gasteiger partial charge in [-0.2, -0.15) is 0 Å². The van der Waals surface area contributed by atoms with E-state index < -0.39 is 0 Å². The van der Waals surface area contributed by atoms with Crippen LogP contribution in [-0.4, -0.2) is 46.1 Å². The van der Waals surface area contributed by atoms with Crippen LogP contribution in [0.15, 0.2) is 0 Å². The molecule has 2 amide bonds. The Bertz CT molecular complexity index is 141. The molecule has 0 aromatic rings. The number of rotatable bonds is 6. The lowest BCUT2D eigenvalue weighted by Crippen LogP contribution is -2.41. The van der Waals surface area contributed by atoms with Gasteiger partial charge >= 0.3 is 6.03 Å². The molecule has 0 aliphatic heterocycles. The number of ether oxygens (including phenoxy) is 2. The largest absolute Gasteiger partial charge is 0.382 e. The number of nitrogens with one attached hydrogen (secondary N) is 2. The third-order valence-electron chi connectivity index (χ3n) is 1.51. The molecule has 0 heterocycles. The number of hydrogen-bond donors (Lipinski definition) is 2. The zero-order valence-corrected chi connectivity index (χ0v) is 8.42. The van der Waals surface area contributed by atoms with Crippen LogP contribution in [-0.2, 0) is 9.47 Å². The standard InChI is InChI=1S/C8H18N2O3/c1-4-9-8(11)10-5-7(13-3)6-12-2/h7H,4-6H2,1-3H3,(H2,9,10,11). The molecule has 0 aromatic heterocycles. The van der Waals surface area contributed by atoms with Crippen molar-refractivity contribution in [3.63, 3.8) is 0 Å². The van der Waals surface area contributed by atoms with Gasteiger partial charge < -0.3 is 20.1 Å². The Morgan fingerprint density at radius 3 is 2.54 bits per heavy atom. The van der Waals surface area contributed by atoms with Gasteiger partial charge in [0.15, 0.2) is 0 Å². The summed E-state index contributed by atoms with van der Waals surface area (Å²) in [5.74, 6) is 0. The first-order valence-electron chi connectivity index (χ1n) is 4.28. The summed E-state index contributed by atoms with van der Waals surface area (Å²) in [4.78, 5) is 10.9. The van der Waals surface area contributed by atoms with Crippen LogP contribution in [0.3, 0.4) is 0 Å². The van der Waals surface area contributed by atoms with Crippen LogP contribution in [0.5, 0.6) is 0 Å². The summed E-state index contributed by atoms with van der Waals surface area (Å²) in [6, 6.07) is -0.180. The lowest BCUT2D eigenvalue weighted by Gasteiger charge is -2.14. The van der Waals surface area contributed by atoms with Crippen LogP contribution in [0, 0.1) is 0 Å². The Labute approximate surface area is 78.8 Å². The quantitative estimate of drug-likeness (QED) is 0.618. The first-order chi connectivity index (χ1) is 6.24. The molecule has 0 fully saturated rings. The summed E-state index contributed by atoms with van der Waals surface area (Å²) in [6.07, 6.45) is -0.0902. The minimum atomic E-state index is -0.180. The second-order valence-corrected chi connectivity index (χ2v) is 2.55. The average molecular weight is 190 g/mol. The van der Waals surface area contributed by atoms with E-state index in [9.17, 15) is 4.79 Å². The molecule has 0 saturated heterocycles. The SMILES string of the molecule is CCNC(=O)NCC(COC)OC. The molecular weight excluding hydrogens is 172 g/mol. The topological polar surface area (TPSA) is 59.6 Å². The fourth-order valence-corrected chi connectivity index (χ4v) is 0.826. The van der Waals surface area contributed by atoms with Crippen molar-refractivity contribution in [2.24, 2.45) is 0 Å². The zero-order chi connectivity index (χ0) is 10.1. The summed E-state index contributed by atoms with van der Waals surface area (Å²) in [6.45, 7) is 3.41. The van der Waals surface area contributed by atoms with Gasteiger partial charge in [0.1, 0.15) is 0 Å². The summed E-state index contributed by atoms with van der Waals surface area (Å²) in [5, 5.41) is 5.29. The smallest absolute Gasteiger partial charge is 0.314 e. The van der Waals surface area contributed by atoms with E-state index in [1.807, 2.05) is 6.92 Å². The molecule has 5 nitrogen and oxygen atoms in total. The molecule has 0 aliphatic rings. The van der Waals surface area contributed by atoms with E-state index in [0.29, 0.717) is 19.7 Å². The zero-order valence-electron chi connectivity index (χ0n) is 8.42. The van der Waals surface area contributed by atoms with Crippen molar-refractivity contribution in [2.75, 3.05) is 33.9 Å². The molecule has 0 rings (SSSR count). The maximum Gasteiger partial charge on any atom is 0.314 e. The van der Waals surface area contributed by atoms with Crippen LogP contribution in [0.1, 0.15) is 6.92 Å². The van der Waals surface area contributed by atoms with E-state index in [0.717, 1.165) is 0 Å². The van der Waals surface area contributed by atoms with Gasteiger partial charge in [0, 0.05) is 27.3 Å². The summed E-state index contributed by atoms with van der Waals surface area (Å²) >= 11 is 0. The van der Waals surface area contributed by atoms with Gasteiger partial charge in [-0.05, 0) is 6.92 Å². The van der Waals surface area contributed by atoms with E-state index in [2.05, 4.69) is 10.6 Å². The number of carbonyl (C=O) groups is 1. The molecule has 0 aliphatic carbocycles. The lowest BCUT2D eigenvalue weighted by atomic mass is 10.4. The second kappa shape index (κ2) is 7.82. The first-order valence-corrected chi connectivity index (χ1v) is 4.28. The molecule has 0 bridgehead atoms. The van der Waals surface area contributed by atoms with Gasteiger partial charge in [-0.25, -0.2) is 4.79 Å². The Morgan fingerprint density at radius 2 is 2.08 bits per heavy atom. The number of urea groups is 1. The van der Waals surface area contributed by atoms with Gasteiger partial charge in [0.25, 0.3) is 0 Å². The van der Waals surface area contributed by atoms with Gasteiger partial charge in [-0.1, -0.05) is 0 Å². The van der Waals surface area contributed by atoms with Crippen LogP contribution in [0.25, 0.3) is 0 Å². The summed E-state index contributed by atoms with van der Waals surface area (Å²) < 4.78 is 9.94. The fourth-order valence-electron chi connectivity index (χ4n) is 0.826. The number of methoxy groups -OCH3 is 2. The Morgan fingerprint density at radius 1 is 1.38 bits per heavy atom. The van der Waals surface area contributed by atoms with Crippen molar-refractivity contribution in [2.45, 2.75) is 13.0 Å². The predicted octanol–water partition coefficient (Wildman–Crippen LogP) is -0.0331. The van der Waals surface area contributed by atoms with Crippen molar-refractivity contribution < 1.29 is 14.3 Å². The highest BCUT2D eigenvalue weighted by Crippen LogP contribution is 1.87. The normalized spacial score (nSPS) is 12.2. The van der Waals surface area contributed by atoms with Crippen LogP contribution >= 0.6 is 0 Å². The molecule has 1 unspecified atom stereocenters. The minimum Gasteiger partial charge on any atom is -0.382 e. The number of carbonyl (C=O) groups excluding carboxylic acids is 1. The van der Waals surface area contributed by atoms with E-state index in [1.54, 1.807) is 14.2 Å². The third kappa shape index (κ3) is 6.36. The Hall–Kier alpha value is -0.810. The molecule has 1 atom stereocenters. The van der Waals surface area contributed by atoms with E-state index >= 15 is 0 Å². The monoisotopic (exact) mass is 190 g/mol.